The lowest BCUT2D eigenvalue weighted by Gasteiger charge is -2.29. The molecule has 0 atom stereocenters. The molecule has 0 radical (unpaired) electrons. The minimum Gasteiger partial charge on any atom is -0.377 e. The summed E-state index contributed by atoms with van der Waals surface area (Å²) in [6.45, 7) is 1.82. The number of rotatable bonds is 2. The van der Waals surface area contributed by atoms with Crippen molar-refractivity contribution in [3.8, 4) is 0 Å². The molecule has 1 aromatic rings. The second-order valence-corrected chi connectivity index (χ2v) is 4.04. The van der Waals surface area contributed by atoms with E-state index in [1.807, 2.05) is 6.07 Å². The molecule has 4 heteroatoms. The van der Waals surface area contributed by atoms with Crippen LogP contribution in [-0.4, -0.2) is 19.1 Å². The Morgan fingerprint density at radius 3 is 2.77 bits per heavy atom. The van der Waals surface area contributed by atoms with Gasteiger partial charge in [0.25, 0.3) is 0 Å². The summed E-state index contributed by atoms with van der Waals surface area (Å²) in [4.78, 5) is 0. The van der Waals surface area contributed by atoms with E-state index in [1.165, 1.54) is 6.07 Å². The molecule has 1 aliphatic heterocycles. The van der Waals surface area contributed by atoms with E-state index in [4.69, 9.17) is 0 Å². The van der Waals surface area contributed by atoms with Gasteiger partial charge in [-0.05, 0) is 18.2 Å². The van der Waals surface area contributed by atoms with Gasteiger partial charge in [0.1, 0.15) is 5.82 Å². The van der Waals surface area contributed by atoms with Crippen molar-refractivity contribution >= 4 is 21.6 Å². The Morgan fingerprint density at radius 1 is 1.46 bits per heavy atom. The van der Waals surface area contributed by atoms with Gasteiger partial charge in [-0.3, -0.25) is 0 Å². The van der Waals surface area contributed by atoms with Crippen LogP contribution < -0.4 is 10.6 Å². The summed E-state index contributed by atoms with van der Waals surface area (Å²) in [5.74, 6) is -0.207. The predicted octanol–water partition coefficient (Wildman–Crippen LogP) is 1.97. The second-order valence-electron chi connectivity index (χ2n) is 3.12. The van der Waals surface area contributed by atoms with Crippen LogP contribution in [0.1, 0.15) is 0 Å². The molecular formula is C9H10BrFN2. The number of hydrogen-bond acceptors (Lipinski definition) is 2. The zero-order valence-corrected chi connectivity index (χ0v) is 8.57. The smallest absolute Gasteiger partial charge is 0.147 e. The van der Waals surface area contributed by atoms with Crippen molar-refractivity contribution in [3.05, 3.63) is 28.5 Å². The van der Waals surface area contributed by atoms with Gasteiger partial charge in [-0.2, -0.15) is 0 Å². The van der Waals surface area contributed by atoms with Crippen LogP contribution in [0.4, 0.5) is 10.1 Å². The molecule has 1 aliphatic rings. The third kappa shape index (κ3) is 2.00. The third-order valence-electron chi connectivity index (χ3n) is 2.07. The van der Waals surface area contributed by atoms with Gasteiger partial charge in [-0.25, -0.2) is 4.39 Å². The topological polar surface area (TPSA) is 24.1 Å². The van der Waals surface area contributed by atoms with Crippen LogP contribution in [0.15, 0.2) is 22.7 Å². The van der Waals surface area contributed by atoms with Crippen LogP contribution in [0.5, 0.6) is 0 Å². The number of nitrogens with one attached hydrogen (secondary N) is 2. The number of halogens is 2. The molecule has 0 spiro atoms. The number of benzene rings is 1. The Kier molecular flexibility index (Phi) is 2.51. The highest BCUT2D eigenvalue weighted by Gasteiger charge is 2.17. The first kappa shape index (κ1) is 8.97. The van der Waals surface area contributed by atoms with E-state index in [-0.39, 0.29) is 5.82 Å². The minimum absolute atomic E-state index is 0.207. The molecule has 1 aromatic carbocycles. The van der Waals surface area contributed by atoms with E-state index >= 15 is 0 Å². The van der Waals surface area contributed by atoms with Crippen LogP contribution in [0.25, 0.3) is 0 Å². The van der Waals surface area contributed by atoms with E-state index < -0.39 is 0 Å². The van der Waals surface area contributed by atoms with Crippen molar-refractivity contribution in [2.45, 2.75) is 6.04 Å². The number of hydrogen-bond donors (Lipinski definition) is 2. The van der Waals surface area contributed by atoms with Gasteiger partial charge in [-0.15, -0.1) is 0 Å². The third-order valence-corrected chi connectivity index (χ3v) is 2.57. The average Bonchev–Trinajstić information content (AvgIpc) is 1.99. The molecule has 0 aromatic heterocycles. The van der Waals surface area contributed by atoms with Gasteiger partial charge in [0.15, 0.2) is 0 Å². The summed E-state index contributed by atoms with van der Waals surface area (Å²) in [7, 11) is 0. The second kappa shape index (κ2) is 3.64. The Hall–Kier alpha value is -0.610. The molecule has 2 nitrogen and oxygen atoms in total. The quantitative estimate of drug-likeness (QED) is 0.832. The lowest BCUT2D eigenvalue weighted by Crippen LogP contribution is -2.51. The maximum atomic E-state index is 13.3. The minimum atomic E-state index is -0.207. The summed E-state index contributed by atoms with van der Waals surface area (Å²) >= 11 is 3.21. The lowest BCUT2D eigenvalue weighted by atomic mass is 10.1. The van der Waals surface area contributed by atoms with E-state index in [1.54, 1.807) is 6.07 Å². The maximum absolute atomic E-state index is 13.3. The van der Waals surface area contributed by atoms with Crippen molar-refractivity contribution in [3.63, 3.8) is 0 Å². The fourth-order valence-electron chi connectivity index (χ4n) is 1.22. The van der Waals surface area contributed by atoms with Crippen molar-refractivity contribution < 1.29 is 4.39 Å². The van der Waals surface area contributed by atoms with Crippen molar-refractivity contribution in [2.75, 3.05) is 18.4 Å². The van der Waals surface area contributed by atoms with Crippen LogP contribution in [0.3, 0.4) is 0 Å². The van der Waals surface area contributed by atoms with Gasteiger partial charge >= 0.3 is 0 Å². The van der Waals surface area contributed by atoms with Gasteiger partial charge in [0, 0.05) is 17.6 Å². The molecule has 0 unspecified atom stereocenters. The van der Waals surface area contributed by atoms with Crippen molar-refractivity contribution in [1.82, 2.24) is 5.32 Å². The highest BCUT2D eigenvalue weighted by molar-refractivity contribution is 9.10. The highest BCUT2D eigenvalue weighted by atomic mass is 79.9. The Morgan fingerprint density at radius 2 is 2.23 bits per heavy atom. The Balaban J connectivity index is 2.10. The first-order valence-corrected chi connectivity index (χ1v) is 4.97. The molecule has 0 amide bonds. The van der Waals surface area contributed by atoms with Gasteiger partial charge in [0.2, 0.25) is 0 Å². The molecule has 13 heavy (non-hydrogen) atoms. The van der Waals surface area contributed by atoms with Crippen LogP contribution in [0.2, 0.25) is 0 Å². The standard InChI is InChI=1S/C9H10BrFN2/c10-6-1-2-9(8(11)3-6)13-7-4-12-5-7/h1-3,7,12-13H,4-5H2. The van der Waals surface area contributed by atoms with E-state index in [9.17, 15) is 4.39 Å². The van der Waals surface area contributed by atoms with E-state index in [0.717, 1.165) is 17.6 Å². The SMILES string of the molecule is Fc1cc(Br)ccc1NC1CNC1. The van der Waals surface area contributed by atoms with Gasteiger partial charge in [0.05, 0.1) is 11.7 Å². The van der Waals surface area contributed by atoms with E-state index in [2.05, 4.69) is 26.6 Å². The molecule has 1 fully saturated rings. The molecular weight excluding hydrogens is 235 g/mol. The fraction of sp³-hybridized carbons (Fsp3) is 0.333. The zero-order chi connectivity index (χ0) is 9.26. The Bertz CT molecular complexity index is 312. The number of anilines is 1. The van der Waals surface area contributed by atoms with E-state index in [0.29, 0.717) is 11.7 Å². The predicted molar refractivity (Wildman–Crippen MR) is 54.4 cm³/mol. The summed E-state index contributed by atoms with van der Waals surface area (Å²) in [6, 6.07) is 5.42. The normalized spacial score (nSPS) is 16.8. The first-order valence-electron chi connectivity index (χ1n) is 4.18. The molecule has 0 bridgehead atoms. The Labute approximate surface area is 84.7 Å². The molecule has 2 rings (SSSR count). The molecule has 70 valence electrons. The monoisotopic (exact) mass is 244 g/mol. The van der Waals surface area contributed by atoms with Gasteiger partial charge < -0.3 is 10.6 Å². The largest absolute Gasteiger partial charge is 0.377 e. The molecule has 2 N–H and O–H groups in total. The average molecular weight is 245 g/mol. The van der Waals surface area contributed by atoms with Crippen LogP contribution in [-0.2, 0) is 0 Å². The first-order chi connectivity index (χ1) is 6.25. The van der Waals surface area contributed by atoms with Crippen LogP contribution >= 0.6 is 15.9 Å². The van der Waals surface area contributed by atoms with Crippen molar-refractivity contribution in [2.24, 2.45) is 0 Å². The summed E-state index contributed by atoms with van der Waals surface area (Å²) in [5.41, 5.74) is 0.578. The van der Waals surface area contributed by atoms with Crippen molar-refractivity contribution in [1.29, 1.82) is 0 Å². The summed E-state index contributed by atoms with van der Waals surface area (Å²) in [5, 5.41) is 6.23. The molecule has 1 saturated heterocycles. The fourth-order valence-corrected chi connectivity index (χ4v) is 1.55. The molecule has 0 aliphatic carbocycles. The summed E-state index contributed by atoms with van der Waals surface area (Å²) in [6.07, 6.45) is 0. The lowest BCUT2D eigenvalue weighted by molar-refractivity contribution is 0.469. The molecule has 1 heterocycles. The highest BCUT2D eigenvalue weighted by Crippen LogP contribution is 2.20. The zero-order valence-electron chi connectivity index (χ0n) is 6.98. The molecule has 0 saturated carbocycles. The maximum Gasteiger partial charge on any atom is 0.147 e. The summed E-state index contributed by atoms with van der Waals surface area (Å²) < 4.78 is 14.0. The van der Waals surface area contributed by atoms with Gasteiger partial charge in [-0.1, -0.05) is 15.9 Å². The van der Waals surface area contributed by atoms with Crippen LogP contribution in [0, 0.1) is 5.82 Å².